The zero-order chi connectivity index (χ0) is 18.6. The highest BCUT2D eigenvalue weighted by Crippen LogP contribution is 2.31. The minimum Gasteiger partial charge on any atom is -0.497 e. The molecule has 0 fully saturated rings. The molecule has 0 aliphatic rings. The minimum atomic E-state index is 0.638. The van der Waals surface area contributed by atoms with Crippen LogP contribution in [0.1, 0.15) is 5.56 Å². The van der Waals surface area contributed by atoms with Crippen molar-refractivity contribution in [2.45, 2.75) is 0 Å². The summed E-state index contributed by atoms with van der Waals surface area (Å²) >= 11 is 0. The molecule has 0 amide bonds. The van der Waals surface area contributed by atoms with Crippen LogP contribution in [0.5, 0.6) is 5.75 Å². The Bertz CT molecular complexity index is 1130. The highest BCUT2D eigenvalue weighted by molar-refractivity contribution is 5.95. The van der Waals surface area contributed by atoms with Gasteiger partial charge in [-0.2, -0.15) is 5.26 Å². The lowest BCUT2D eigenvalue weighted by molar-refractivity contribution is 0.415. The molecule has 1 N–H and O–H groups in total. The average molecular weight is 351 g/mol. The van der Waals surface area contributed by atoms with Gasteiger partial charge in [-0.3, -0.25) is 0 Å². The lowest BCUT2D eigenvalue weighted by atomic mass is 10.1. The van der Waals surface area contributed by atoms with E-state index in [1.165, 1.54) is 0 Å². The van der Waals surface area contributed by atoms with Gasteiger partial charge in [0.15, 0.2) is 0 Å². The fourth-order valence-corrected chi connectivity index (χ4v) is 2.97. The van der Waals surface area contributed by atoms with Crippen LogP contribution in [0, 0.1) is 11.3 Å². The van der Waals surface area contributed by atoms with Gasteiger partial charge < -0.3 is 10.1 Å². The lowest BCUT2D eigenvalue weighted by Crippen LogP contribution is -1.95. The second-order valence-corrected chi connectivity index (χ2v) is 6.11. The van der Waals surface area contributed by atoms with Crippen molar-refractivity contribution in [3.8, 4) is 23.1 Å². The quantitative estimate of drug-likeness (QED) is 0.525. The zero-order valence-corrected chi connectivity index (χ0v) is 14.8. The molecule has 0 saturated carbocycles. The molecule has 0 aliphatic heterocycles. The first kappa shape index (κ1) is 16.6. The van der Waals surface area contributed by atoms with E-state index in [1.807, 2.05) is 66.7 Å². The monoisotopic (exact) mass is 351 g/mol. The van der Waals surface area contributed by atoms with Crippen molar-refractivity contribution in [2.75, 3.05) is 12.4 Å². The topological polar surface area (TPSA) is 57.9 Å². The van der Waals surface area contributed by atoms with Gasteiger partial charge in [-0.1, -0.05) is 18.2 Å². The van der Waals surface area contributed by atoms with Crippen molar-refractivity contribution in [3.63, 3.8) is 0 Å². The van der Waals surface area contributed by atoms with Crippen LogP contribution in [-0.4, -0.2) is 12.1 Å². The van der Waals surface area contributed by atoms with Crippen molar-refractivity contribution in [3.05, 3.63) is 84.4 Å². The van der Waals surface area contributed by atoms with Gasteiger partial charge in [-0.25, -0.2) is 4.98 Å². The van der Waals surface area contributed by atoms with E-state index < -0.39 is 0 Å². The number of hydrogen-bond acceptors (Lipinski definition) is 4. The second-order valence-electron chi connectivity index (χ2n) is 6.11. The van der Waals surface area contributed by atoms with E-state index in [4.69, 9.17) is 15.0 Å². The minimum absolute atomic E-state index is 0.638. The number of methoxy groups -OCH3 is 1. The van der Waals surface area contributed by atoms with Gasteiger partial charge in [0.1, 0.15) is 5.75 Å². The lowest BCUT2D eigenvalue weighted by Gasteiger charge is -2.12. The van der Waals surface area contributed by atoms with Crippen molar-refractivity contribution < 1.29 is 4.74 Å². The Morgan fingerprint density at radius 1 is 0.926 bits per heavy atom. The molecule has 0 unspecified atom stereocenters. The molecule has 0 radical (unpaired) electrons. The van der Waals surface area contributed by atoms with Crippen LogP contribution >= 0.6 is 0 Å². The Morgan fingerprint density at radius 3 is 2.37 bits per heavy atom. The summed E-state index contributed by atoms with van der Waals surface area (Å²) < 4.78 is 5.24. The van der Waals surface area contributed by atoms with E-state index >= 15 is 0 Å². The molecule has 0 aliphatic carbocycles. The van der Waals surface area contributed by atoms with Gasteiger partial charge >= 0.3 is 0 Å². The summed E-state index contributed by atoms with van der Waals surface area (Å²) in [5.74, 6) is 0.815. The Kier molecular flexibility index (Phi) is 4.42. The van der Waals surface area contributed by atoms with Gasteiger partial charge in [0, 0.05) is 16.6 Å². The maximum absolute atomic E-state index is 8.97. The predicted molar refractivity (Wildman–Crippen MR) is 108 cm³/mol. The van der Waals surface area contributed by atoms with E-state index in [9.17, 15) is 0 Å². The van der Waals surface area contributed by atoms with Crippen molar-refractivity contribution in [1.29, 1.82) is 5.26 Å². The Balaban J connectivity index is 1.78. The molecule has 4 rings (SSSR count). The third-order valence-electron chi connectivity index (χ3n) is 4.39. The van der Waals surface area contributed by atoms with Gasteiger partial charge in [0.2, 0.25) is 0 Å². The fraction of sp³-hybridized carbons (Fsp3) is 0.0435. The highest BCUT2D eigenvalue weighted by Gasteiger charge is 2.08. The van der Waals surface area contributed by atoms with E-state index in [0.29, 0.717) is 5.56 Å². The number of nitrogens with one attached hydrogen (secondary N) is 1. The summed E-state index contributed by atoms with van der Waals surface area (Å²) in [6.07, 6.45) is 0. The molecule has 4 nitrogen and oxygen atoms in total. The van der Waals surface area contributed by atoms with Crippen molar-refractivity contribution in [2.24, 2.45) is 0 Å². The maximum Gasteiger partial charge on any atom is 0.118 e. The summed E-state index contributed by atoms with van der Waals surface area (Å²) in [5.41, 5.74) is 5.35. The van der Waals surface area contributed by atoms with Crippen LogP contribution in [0.25, 0.3) is 22.2 Å². The number of para-hydroxylation sites is 1. The first-order chi connectivity index (χ1) is 13.3. The SMILES string of the molecule is COc1ccc(-c2cc(Nc3ccc(C#N)cc3)c3ccccc3n2)cc1. The standard InChI is InChI=1S/C23H17N3O/c1-27-19-12-8-17(9-13-19)22-14-23(20-4-2-3-5-21(20)26-22)25-18-10-6-16(15-24)7-11-18/h2-14H,1H3,(H,25,26). The number of nitriles is 1. The van der Waals surface area contributed by atoms with E-state index in [-0.39, 0.29) is 0 Å². The molecule has 130 valence electrons. The van der Waals surface area contributed by atoms with Crippen LogP contribution in [0.15, 0.2) is 78.9 Å². The first-order valence-electron chi connectivity index (χ1n) is 8.58. The molecule has 3 aromatic carbocycles. The molecule has 27 heavy (non-hydrogen) atoms. The number of nitrogens with zero attached hydrogens (tertiary/aromatic N) is 2. The van der Waals surface area contributed by atoms with Crippen LogP contribution in [0.4, 0.5) is 11.4 Å². The van der Waals surface area contributed by atoms with Gasteiger partial charge in [-0.05, 0) is 60.7 Å². The normalized spacial score (nSPS) is 10.4. The second kappa shape index (κ2) is 7.19. The molecule has 0 spiro atoms. The van der Waals surface area contributed by atoms with E-state index in [2.05, 4.69) is 11.4 Å². The number of anilines is 2. The highest BCUT2D eigenvalue weighted by atomic mass is 16.5. The molecule has 0 atom stereocenters. The number of rotatable bonds is 4. The fourth-order valence-electron chi connectivity index (χ4n) is 2.97. The summed E-state index contributed by atoms with van der Waals surface area (Å²) in [7, 11) is 1.66. The summed E-state index contributed by atoms with van der Waals surface area (Å²) in [5, 5.41) is 13.5. The van der Waals surface area contributed by atoms with Crippen molar-refractivity contribution in [1.82, 2.24) is 4.98 Å². The Hall–Kier alpha value is -3.84. The Labute approximate surface area is 157 Å². The number of aromatic nitrogens is 1. The molecule has 1 heterocycles. The van der Waals surface area contributed by atoms with E-state index in [1.54, 1.807) is 19.2 Å². The summed E-state index contributed by atoms with van der Waals surface area (Å²) in [6, 6.07) is 27.5. The number of fused-ring (bicyclic) bond motifs is 1. The third-order valence-corrected chi connectivity index (χ3v) is 4.39. The summed E-state index contributed by atoms with van der Waals surface area (Å²) in [4.78, 5) is 4.81. The van der Waals surface area contributed by atoms with Crippen LogP contribution in [0.3, 0.4) is 0 Å². The molecule has 0 bridgehead atoms. The summed E-state index contributed by atoms with van der Waals surface area (Å²) in [6.45, 7) is 0. The van der Waals surface area contributed by atoms with Gasteiger partial charge in [0.05, 0.1) is 35.6 Å². The van der Waals surface area contributed by atoms with Crippen LogP contribution in [0.2, 0.25) is 0 Å². The number of pyridine rings is 1. The Morgan fingerprint density at radius 2 is 1.67 bits per heavy atom. The molecular formula is C23H17N3O. The largest absolute Gasteiger partial charge is 0.497 e. The first-order valence-corrected chi connectivity index (χ1v) is 8.58. The van der Waals surface area contributed by atoms with Gasteiger partial charge in [-0.15, -0.1) is 0 Å². The van der Waals surface area contributed by atoms with Gasteiger partial charge in [0.25, 0.3) is 0 Å². The molecular weight excluding hydrogens is 334 g/mol. The number of hydrogen-bond donors (Lipinski definition) is 1. The zero-order valence-electron chi connectivity index (χ0n) is 14.8. The smallest absolute Gasteiger partial charge is 0.118 e. The molecule has 0 saturated heterocycles. The van der Waals surface area contributed by atoms with Crippen LogP contribution in [-0.2, 0) is 0 Å². The maximum atomic E-state index is 8.97. The molecule has 4 aromatic rings. The van der Waals surface area contributed by atoms with E-state index in [0.717, 1.165) is 39.3 Å². The van der Waals surface area contributed by atoms with Crippen LogP contribution < -0.4 is 10.1 Å². The number of ether oxygens (including phenoxy) is 1. The third kappa shape index (κ3) is 3.44. The molecule has 4 heteroatoms. The predicted octanol–water partition coefficient (Wildman–Crippen LogP) is 5.53. The van der Waals surface area contributed by atoms with Crippen molar-refractivity contribution >= 4 is 22.3 Å². The number of benzene rings is 3. The average Bonchev–Trinajstić information content (AvgIpc) is 2.74. The molecule has 1 aromatic heterocycles.